The summed E-state index contributed by atoms with van der Waals surface area (Å²) in [5.74, 6) is 0.249. The molecule has 2 aliphatic rings. The van der Waals surface area contributed by atoms with Crippen molar-refractivity contribution in [3.63, 3.8) is 0 Å². The first-order valence-corrected chi connectivity index (χ1v) is 7.93. The molecule has 1 aromatic rings. The summed E-state index contributed by atoms with van der Waals surface area (Å²) in [4.78, 5) is 14.7. The van der Waals surface area contributed by atoms with Crippen molar-refractivity contribution in [3.05, 3.63) is 35.9 Å². The monoisotopic (exact) mass is 288 g/mol. The fourth-order valence-corrected chi connectivity index (χ4v) is 3.29. The Balaban J connectivity index is 1.73. The largest absolute Gasteiger partial charge is 0.374 e. The van der Waals surface area contributed by atoms with Gasteiger partial charge in [-0.05, 0) is 31.9 Å². The van der Waals surface area contributed by atoms with Crippen LogP contribution in [0.2, 0.25) is 0 Å². The summed E-state index contributed by atoms with van der Waals surface area (Å²) < 4.78 is 5.79. The van der Waals surface area contributed by atoms with Crippen molar-refractivity contribution in [3.8, 4) is 0 Å². The van der Waals surface area contributed by atoms with Crippen LogP contribution in [0, 0.1) is 0 Å². The summed E-state index contributed by atoms with van der Waals surface area (Å²) in [6, 6.07) is 10.6. The van der Waals surface area contributed by atoms with Crippen molar-refractivity contribution in [2.24, 2.45) is 0 Å². The van der Waals surface area contributed by atoms with Crippen LogP contribution < -0.4 is 5.32 Å². The predicted molar refractivity (Wildman–Crippen MR) is 82.0 cm³/mol. The molecule has 2 aliphatic heterocycles. The van der Waals surface area contributed by atoms with Crippen molar-refractivity contribution in [1.29, 1.82) is 0 Å². The van der Waals surface area contributed by atoms with E-state index in [2.05, 4.69) is 17.4 Å². The number of carbonyl (C=O) groups is 1. The second-order valence-corrected chi connectivity index (χ2v) is 6.11. The Morgan fingerprint density at radius 3 is 2.90 bits per heavy atom. The van der Waals surface area contributed by atoms with Gasteiger partial charge in [0.2, 0.25) is 5.91 Å². The van der Waals surface area contributed by atoms with Crippen LogP contribution in [-0.4, -0.2) is 42.6 Å². The molecule has 2 heterocycles. The van der Waals surface area contributed by atoms with Crippen LogP contribution in [0.5, 0.6) is 0 Å². The molecule has 4 nitrogen and oxygen atoms in total. The van der Waals surface area contributed by atoms with Crippen LogP contribution >= 0.6 is 0 Å². The quantitative estimate of drug-likeness (QED) is 0.926. The second kappa shape index (κ2) is 6.58. The average Bonchev–Trinajstić information content (AvgIpc) is 3.01. The maximum atomic E-state index is 12.7. The third-order valence-corrected chi connectivity index (χ3v) is 4.46. The number of hydrogen-bond donors (Lipinski definition) is 1. The predicted octanol–water partition coefficient (Wildman–Crippen LogP) is 2.12. The summed E-state index contributed by atoms with van der Waals surface area (Å²) in [6.07, 6.45) is 3.02. The Morgan fingerprint density at radius 2 is 2.19 bits per heavy atom. The van der Waals surface area contributed by atoms with E-state index in [-0.39, 0.29) is 18.1 Å². The van der Waals surface area contributed by atoms with Gasteiger partial charge < -0.3 is 15.0 Å². The van der Waals surface area contributed by atoms with Gasteiger partial charge in [0.1, 0.15) is 0 Å². The van der Waals surface area contributed by atoms with E-state index in [1.807, 2.05) is 30.0 Å². The number of carbonyl (C=O) groups excluding carboxylic acids is 1. The minimum absolute atomic E-state index is 0.0521. The minimum atomic E-state index is 0.0521. The maximum absolute atomic E-state index is 12.7. The number of hydrogen-bond acceptors (Lipinski definition) is 3. The standard InChI is InChI=1S/C17H24N2O2/c1-13-11-19(17(20)10-15-8-5-9-18-15)16(12-21-13)14-6-3-2-4-7-14/h2-4,6-7,13,15-16,18H,5,8-12H2,1H3. The summed E-state index contributed by atoms with van der Waals surface area (Å²) in [7, 11) is 0. The molecule has 0 spiro atoms. The highest BCUT2D eigenvalue weighted by Crippen LogP contribution is 2.27. The molecular weight excluding hydrogens is 264 g/mol. The van der Waals surface area contributed by atoms with E-state index in [1.165, 1.54) is 6.42 Å². The van der Waals surface area contributed by atoms with Gasteiger partial charge in [-0.15, -0.1) is 0 Å². The van der Waals surface area contributed by atoms with E-state index >= 15 is 0 Å². The molecule has 0 bridgehead atoms. The molecule has 3 atom stereocenters. The Kier molecular flexibility index (Phi) is 4.56. The Bertz CT molecular complexity index is 471. The average molecular weight is 288 g/mol. The summed E-state index contributed by atoms with van der Waals surface area (Å²) >= 11 is 0. The highest BCUT2D eigenvalue weighted by molar-refractivity contribution is 5.77. The van der Waals surface area contributed by atoms with E-state index in [4.69, 9.17) is 4.74 Å². The van der Waals surface area contributed by atoms with Crippen molar-refractivity contribution >= 4 is 5.91 Å². The van der Waals surface area contributed by atoms with Gasteiger partial charge in [0.25, 0.3) is 0 Å². The number of nitrogens with zero attached hydrogens (tertiary/aromatic N) is 1. The van der Waals surface area contributed by atoms with Crippen molar-refractivity contribution in [1.82, 2.24) is 10.2 Å². The lowest BCUT2D eigenvalue weighted by Crippen LogP contribution is -2.48. The summed E-state index contributed by atoms with van der Waals surface area (Å²) in [5, 5.41) is 3.41. The fraction of sp³-hybridized carbons (Fsp3) is 0.588. The van der Waals surface area contributed by atoms with Crippen molar-refractivity contribution in [2.75, 3.05) is 19.7 Å². The van der Waals surface area contributed by atoms with Gasteiger partial charge in [0.05, 0.1) is 18.8 Å². The Morgan fingerprint density at radius 1 is 1.38 bits per heavy atom. The highest BCUT2D eigenvalue weighted by atomic mass is 16.5. The lowest BCUT2D eigenvalue weighted by molar-refractivity contribution is -0.145. The van der Waals surface area contributed by atoms with E-state index in [1.54, 1.807) is 0 Å². The van der Waals surface area contributed by atoms with Gasteiger partial charge in [-0.1, -0.05) is 30.3 Å². The molecule has 21 heavy (non-hydrogen) atoms. The molecule has 2 fully saturated rings. The summed E-state index contributed by atoms with van der Waals surface area (Å²) in [6.45, 7) is 4.36. The van der Waals surface area contributed by atoms with Gasteiger partial charge in [-0.2, -0.15) is 0 Å². The molecule has 3 unspecified atom stereocenters. The van der Waals surface area contributed by atoms with Gasteiger partial charge >= 0.3 is 0 Å². The van der Waals surface area contributed by atoms with Crippen LogP contribution in [0.4, 0.5) is 0 Å². The number of benzene rings is 1. The molecule has 0 aliphatic carbocycles. The van der Waals surface area contributed by atoms with E-state index in [0.717, 1.165) is 18.5 Å². The molecule has 2 saturated heterocycles. The molecule has 0 radical (unpaired) electrons. The first-order chi connectivity index (χ1) is 10.2. The minimum Gasteiger partial charge on any atom is -0.374 e. The third kappa shape index (κ3) is 3.44. The van der Waals surface area contributed by atoms with Crippen LogP contribution in [0.3, 0.4) is 0 Å². The van der Waals surface area contributed by atoms with Gasteiger partial charge in [0, 0.05) is 19.0 Å². The van der Waals surface area contributed by atoms with Gasteiger partial charge in [-0.3, -0.25) is 4.79 Å². The number of ether oxygens (including phenoxy) is 1. The van der Waals surface area contributed by atoms with Crippen LogP contribution in [0.25, 0.3) is 0 Å². The Labute approximate surface area is 126 Å². The van der Waals surface area contributed by atoms with Crippen LogP contribution in [-0.2, 0) is 9.53 Å². The molecule has 0 aromatic heterocycles. The molecule has 114 valence electrons. The number of nitrogens with one attached hydrogen (secondary N) is 1. The molecule has 0 saturated carbocycles. The lowest BCUT2D eigenvalue weighted by atomic mass is 10.0. The number of rotatable bonds is 3. The zero-order valence-electron chi connectivity index (χ0n) is 12.6. The third-order valence-electron chi connectivity index (χ3n) is 4.46. The topological polar surface area (TPSA) is 41.6 Å². The van der Waals surface area contributed by atoms with E-state index < -0.39 is 0 Å². The maximum Gasteiger partial charge on any atom is 0.224 e. The second-order valence-electron chi connectivity index (χ2n) is 6.11. The van der Waals surface area contributed by atoms with Crippen molar-refractivity contribution < 1.29 is 9.53 Å². The Hall–Kier alpha value is -1.39. The van der Waals surface area contributed by atoms with Crippen molar-refractivity contribution in [2.45, 2.75) is 44.4 Å². The van der Waals surface area contributed by atoms with E-state index in [0.29, 0.717) is 25.6 Å². The van der Waals surface area contributed by atoms with Crippen LogP contribution in [0.1, 0.15) is 37.8 Å². The van der Waals surface area contributed by atoms with Crippen LogP contribution in [0.15, 0.2) is 30.3 Å². The first kappa shape index (κ1) is 14.5. The molecule has 4 heteroatoms. The smallest absolute Gasteiger partial charge is 0.224 e. The van der Waals surface area contributed by atoms with Gasteiger partial charge in [0.15, 0.2) is 0 Å². The fourth-order valence-electron chi connectivity index (χ4n) is 3.29. The normalized spacial score (nSPS) is 29.6. The molecule has 1 amide bonds. The number of amides is 1. The highest BCUT2D eigenvalue weighted by Gasteiger charge is 2.32. The zero-order valence-corrected chi connectivity index (χ0v) is 12.6. The summed E-state index contributed by atoms with van der Waals surface area (Å²) in [5.41, 5.74) is 1.16. The molecule has 3 rings (SSSR count). The lowest BCUT2D eigenvalue weighted by Gasteiger charge is -2.39. The number of morpholine rings is 1. The SMILES string of the molecule is CC1CN(C(=O)CC2CCCN2)C(c2ccccc2)CO1. The first-order valence-electron chi connectivity index (χ1n) is 7.93. The molecule has 1 N–H and O–H groups in total. The molecule has 1 aromatic carbocycles. The molecular formula is C17H24N2O2. The van der Waals surface area contributed by atoms with Gasteiger partial charge in [-0.25, -0.2) is 0 Å². The zero-order chi connectivity index (χ0) is 14.7. The van der Waals surface area contributed by atoms with E-state index in [9.17, 15) is 4.79 Å².